The molecule has 1 amide bonds. The Morgan fingerprint density at radius 2 is 1.63 bits per heavy atom. The lowest BCUT2D eigenvalue weighted by atomic mass is 9.55. The number of nitrogens with one attached hydrogen (secondary N) is 1. The van der Waals surface area contributed by atoms with Crippen LogP contribution in [-0.4, -0.2) is 73.5 Å². The number of thioether (sulfide) groups is 1. The molecule has 1 N–H and O–H groups in total. The van der Waals surface area contributed by atoms with E-state index in [4.69, 9.17) is 9.47 Å². The van der Waals surface area contributed by atoms with Gasteiger partial charge in [-0.1, -0.05) is 42.5 Å². The summed E-state index contributed by atoms with van der Waals surface area (Å²) >= 11 is 1.84. The van der Waals surface area contributed by atoms with Crippen LogP contribution in [0.1, 0.15) is 22.6 Å². The lowest BCUT2D eigenvalue weighted by molar-refractivity contribution is -0.146. The van der Waals surface area contributed by atoms with Crippen molar-refractivity contribution in [3.8, 4) is 11.5 Å². The van der Waals surface area contributed by atoms with E-state index < -0.39 is 11.0 Å². The normalized spacial score (nSPS) is 30.2. The van der Waals surface area contributed by atoms with Crippen LogP contribution in [0.25, 0.3) is 6.08 Å². The summed E-state index contributed by atoms with van der Waals surface area (Å²) in [5.41, 5.74) is 2.23. The van der Waals surface area contributed by atoms with E-state index in [0.717, 1.165) is 39.6 Å². The number of benzene rings is 3. The highest BCUT2D eigenvalue weighted by molar-refractivity contribution is 7.99. The first-order chi connectivity index (χ1) is 19.9. The summed E-state index contributed by atoms with van der Waals surface area (Å²) in [6, 6.07) is 23.8. The highest BCUT2D eigenvalue weighted by atomic mass is 32.2. The van der Waals surface area contributed by atoms with Gasteiger partial charge in [0.05, 0.1) is 19.6 Å². The maximum Gasteiger partial charge on any atom is 0.250 e. The standard InChI is InChI=1S/C33H33N3O4S/c1-35-17-23(16-21-8-12-24(39-2)13-9-21)30(37)32(19-35)29(22-10-14-25(40-3)15-11-22)28-18-41-20-36(28)33(32)26-6-4-5-7-27(26)34-31(33)38/h4-16,28-29H,17-20H2,1-3H3,(H,34,38)/b23-16+/t28-,29-,32-,33-/m0/s1. The van der Waals surface area contributed by atoms with Crippen LogP contribution in [0.15, 0.2) is 78.4 Å². The molecule has 8 heteroatoms. The molecular weight excluding hydrogens is 534 g/mol. The zero-order valence-corrected chi connectivity index (χ0v) is 24.2. The van der Waals surface area contributed by atoms with E-state index in [9.17, 15) is 4.79 Å². The number of ketones is 1. The van der Waals surface area contributed by atoms with Gasteiger partial charge in [0.25, 0.3) is 5.91 Å². The number of amides is 1. The fourth-order valence-corrected chi connectivity index (χ4v) is 9.21. The summed E-state index contributed by atoms with van der Waals surface area (Å²) < 4.78 is 10.8. The van der Waals surface area contributed by atoms with Crippen LogP contribution >= 0.6 is 11.8 Å². The van der Waals surface area contributed by atoms with E-state index in [-0.39, 0.29) is 23.7 Å². The number of carbonyl (C=O) groups is 2. The minimum absolute atomic E-state index is 0.0167. The van der Waals surface area contributed by atoms with Gasteiger partial charge in [0.2, 0.25) is 0 Å². The molecule has 0 unspecified atom stereocenters. The quantitative estimate of drug-likeness (QED) is 0.462. The fourth-order valence-electron chi connectivity index (χ4n) is 7.91. The molecule has 7 nitrogen and oxygen atoms in total. The number of para-hydroxylation sites is 1. The maximum absolute atomic E-state index is 15.3. The Hall–Kier alpha value is -3.59. The van der Waals surface area contributed by atoms with Gasteiger partial charge in [-0.25, -0.2) is 0 Å². The zero-order chi connectivity index (χ0) is 28.4. The molecule has 0 aromatic heterocycles. The molecule has 4 aliphatic heterocycles. The van der Waals surface area contributed by atoms with Crippen LogP contribution in [0.2, 0.25) is 0 Å². The summed E-state index contributed by atoms with van der Waals surface area (Å²) in [5, 5.41) is 3.20. The number of nitrogens with zero attached hydrogens (tertiary/aromatic N) is 2. The van der Waals surface area contributed by atoms with E-state index in [0.29, 0.717) is 24.5 Å². The molecule has 4 heterocycles. The number of anilines is 1. The fraction of sp³-hybridized carbons (Fsp3) is 0.333. The number of likely N-dealkylation sites (tertiary alicyclic amines) is 1. The van der Waals surface area contributed by atoms with Crippen LogP contribution < -0.4 is 14.8 Å². The Balaban J connectivity index is 1.49. The van der Waals surface area contributed by atoms with Crippen molar-refractivity contribution in [1.82, 2.24) is 9.80 Å². The van der Waals surface area contributed by atoms with Gasteiger partial charge in [-0.05, 0) is 54.6 Å². The van der Waals surface area contributed by atoms with Gasteiger partial charge in [0.15, 0.2) is 5.78 Å². The Kier molecular flexibility index (Phi) is 6.26. The molecule has 0 bridgehead atoms. The average Bonchev–Trinajstić information content (AvgIpc) is 3.64. The lowest BCUT2D eigenvalue weighted by Crippen LogP contribution is -2.65. The number of rotatable bonds is 4. The maximum atomic E-state index is 15.3. The van der Waals surface area contributed by atoms with E-state index in [1.165, 1.54) is 0 Å². The second-order valence-corrected chi connectivity index (χ2v) is 12.4. The first kappa shape index (κ1) is 26.3. The molecule has 3 saturated heterocycles. The molecule has 0 radical (unpaired) electrons. The van der Waals surface area contributed by atoms with E-state index in [1.54, 1.807) is 14.2 Å². The molecular formula is C33H33N3O4S. The van der Waals surface area contributed by atoms with Gasteiger partial charge >= 0.3 is 0 Å². The van der Waals surface area contributed by atoms with Crippen molar-refractivity contribution in [2.45, 2.75) is 17.5 Å². The molecule has 2 spiro atoms. The van der Waals surface area contributed by atoms with Crippen molar-refractivity contribution in [3.63, 3.8) is 0 Å². The number of methoxy groups -OCH3 is 2. The van der Waals surface area contributed by atoms with Crippen LogP contribution in [0.4, 0.5) is 5.69 Å². The molecule has 41 heavy (non-hydrogen) atoms. The molecule has 4 atom stereocenters. The van der Waals surface area contributed by atoms with E-state index in [2.05, 4.69) is 34.3 Å². The Morgan fingerprint density at radius 1 is 0.951 bits per heavy atom. The summed E-state index contributed by atoms with van der Waals surface area (Å²) in [6.07, 6.45) is 1.99. The lowest BCUT2D eigenvalue weighted by Gasteiger charge is -2.51. The van der Waals surface area contributed by atoms with Crippen LogP contribution in [0, 0.1) is 5.41 Å². The Morgan fingerprint density at radius 3 is 2.34 bits per heavy atom. The van der Waals surface area contributed by atoms with Gasteiger partial charge in [0.1, 0.15) is 17.0 Å². The first-order valence-electron chi connectivity index (χ1n) is 13.9. The summed E-state index contributed by atoms with van der Waals surface area (Å²) in [5.74, 6) is 2.83. The second-order valence-electron chi connectivity index (χ2n) is 11.4. The third-order valence-electron chi connectivity index (χ3n) is 9.39. The number of hydrogen-bond donors (Lipinski definition) is 1. The van der Waals surface area contributed by atoms with Crippen molar-refractivity contribution in [3.05, 3.63) is 95.1 Å². The van der Waals surface area contributed by atoms with Crippen LogP contribution in [-0.2, 0) is 15.1 Å². The van der Waals surface area contributed by atoms with Crippen LogP contribution in [0.3, 0.4) is 0 Å². The Labute approximate surface area is 244 Å². The summed E-state index contributed by atoms with van der Waals surface area (Å²) in [6.45, 7) is 0.989. The van der Waals surface area contributed by atoms with E-state index >= 15 is 4.79 Å². The minimum Gasteiger partial charge on any atom is -0.497 e. The predicted molar refractivity (Wildman–Crippen MR) is 161 cm³/mol. The van der Waals surface area contributed by atoms with Gasteiger partial charge < -0.3 is 19.7 Å². The van der Waals surface area contributed by atoms with Crippen molar-refractivity contribution in [2.24, 2.45) is 5.41 Å². The van der Waals surface area contributed by atoms with Gasteiger partial charge in [-0.2, -0.15) is 0 Å². The largest absolute Gasteiger partial charge is 0.497 e. The monoisotopic (exact) mass is 567 g/mol. The number of Topliss-reactive ketones (excluding diaryl/α,β-unsaturated/α-hetero) is 1. The number of hydrogen-bond acceptors (Lipinski definition) is 7. The number of ether oxygens (including phenoxy) is 2. The highest BCUT2D eigenvalue weighted by Crippen LogP contribution is 2.68. The third kappa shape index (κ3) is 3.60. The summed E-state index contributed by atoms with van der Waals surface area (Å²) in [7, 11) is 5.36. The SMILES string of the molecule is COc1ccc(/C=C2\CN(C)C[C@@]3(C2=O)[C@@H](c2ccc(OC)cc2)[C@@H]2CSCN2[C@@]32C(=O)Nc3ccccc32)cc1. The van der Waals surface area contributed by atoms with Crippen molar-refractivity contribution >= 4 is 35.2 Å². The molecule has 0 aliphatic carbocycles. The second kappa shape index (κ2) is 9.76. The van der Waals surface area contributed by atoms with Crippen molar-refractivity contribution < 1.29 is 19.1 Å². The average molecular weight is 568 g/mol. The molecule has 210 valence electrons. The number of piperidine rings is 1. The molecule has 3 aromatic rings. The molecule has 3 fully saturated rings. The predicted octanol–water partition coefficient (Wildman–Crippen LogP) is 4.61. The molecule has 0 saturated carbocycles. The molecule has 4 aliphatic rings. The van der Waals surface area contributed by atoms with Gasteiger partial charge in [0, 0.05) is 53.5 Å². The highest BCUT2D eigenvalue weighted by Gasteiger charge is 2.78. The zero-order valence-electron chi connectivity index (χ0n) is 23.4. The van der Waals surface area contributed by atoms with Gasteiger partial charge in [-0.3, -0.25) is 14.5 Å². The van der Waals surface area contributed by atoms with Crippen molar-refractivity contribution in [2.75, 3.05) is 51.3 Å². The summed E-state index contributed by atoms with van der Waals surface area (Å²) in [4.78, 5) is 34.4. The number of carbonyl (C=O) groups excluding carboxylic acids is 2. The topological polar surface area (TPSA) is 71.1 Å². The Bertz CT molecular complexity index is 1560. The minimum atomic E-state index is -1.13. The molecule has 3 aromatic carbocycles. The smallest absolute Gasteiger partial charge is 0.250 e. The van der Waals surface area contributed by atoms with Crippen molar-refractivity contribution in [1.29, 1.82) is 0 Å². The van der Waals surface area contributed by atoms with Gasteiger partial charge in [-0.15, -0.1) is 11.8 Å². The third-order valence-corrected chi connectivity index (χ3v) is 10.4. The van der Waals surface area contributed by atoms with Crippen LogP contribution in [0.5, 0.6) is 11.5 Å². The number of fused-ring (bicyclic) bond motifs is 5. The number of likely N-dealkylation sites (N-methyl/N-ethyl adjacent to an activating group) is 1. The first-order valence-corrected chi connectivity index (χ1v) is 15.1. The molecule has 7 rings (SSSR count). The van der Waals surface area contributed by atoms with E-state index in [1.807, 2.05) is 78.5 Å².